The van der Waals surface area contributed by atoms with Gasteiger partial charge in [-0.15, -0.1) is 0 Å². The van der Waals surface area contributed by atoms with Crippen molar-refractivity contribution in [3.8, 4) is 0 Å². The standard InChI is InChI=1S/C17H15FN2O4S/c18-15-4-2-1-3-12(15)11-19-25(23,24)14-7-5-13(6-8-14)20-16(21)9-10-17(20)22/h1-8,19H,9-11H2. The first-order chi connectivity index (χ1) is 11.9. The molecule has 1 saturated heterocycles. The summed E-state index contributed by atoms with van der Waals surface area (Å²) in [6.45, 7) is -0.181. The van der Waals surface area contributed by atoms with E-state index < -0.39 is 15.8 Å². The van der Waals surface area contributed by atoms with Crippen LogP contribution in [-0.4, -0.2) is 20.2 Å². The third-order valence-corrected chi connectivity index (χ3v) is 5.28. The Hall–Kier alpha value is -2.58. The van der Waals surface area contributed by atoms with Gasteiger partial charge in [0.25, 0.3) is 0 Å². The number of carbonyl (C=O) groups is 2. The molecular weight excluding hydrogens is 347 g/mol. The molecule has 0 radical (unpaired) electrons. The molecule has 1 aliphatic rings. The summed E-state index contributed by atoms with van der Waals surface area (Å²) >= 11 is 0. The van der Waals surface area contributed by atoms with Crippen molar-refractivity contribution in [1.82, 2.24) is 4.72 Å². The van der Waals surface area contributed by atoms with Gasteiger partial charge in [-0.1, -0.05) is 18.2 Å². The largest absolute Gasteiger partial charge is 0.274 e. The topological polar surface area (TPSA) is 83.6 Å². The number of nitrogens with zero attached hydrogens (tertiary/aromatic N) is 1. The Morgan fingerprint density at radius 1 is 0.960 bits per heavy atom. The fourth-order valence-corrected chi connectivity index (χ4v) is 3.54. The quantitative estimate of drug-likeness (QED) is 0.824. The average molecular weight is 362 g/mol. The molecule has 0 unspecified atom stereocenters. The van der Waals surface area contributed by atoms with E-state index in [4.69, 9.17) is 0 Å². The molecule has 2 aromatic rings. The molecule has 0 aromatic heterocycles. The minimum atomic E-state index is -3.85. The van der Waals surface area contributed by atoms with Gasteiger partial charge in [0.05, 0.1) is 10.6 Å². The van der Waals surface area contributed by atoms with Crippen LogP contribution in [0.25, 0.3) is 0 Å². The summed E-state index contributed by atoms with van der Waals surface area (Å²) < 4.78 is 40.5. The van der Waals surface area contributed by atoms with Crippen molar-refractivity contribution in [2.24, 2.45) is 0 Å². The van der Waals surface area contributed by atoms with Gasteiger partial charge in [0.1, 0.15) is 5.82 Å². The lowest BCUT2D eigenvalue weighted by Gasteiger charge is -2.14. The van der Waals surface area contributed by atoms with E-state index in [1.165, 1.54) is 42.5 Å². The van der Waals surface area contributed by atoms with Gasteiger partial charge >= 0.3 is 0 Å². The molecule has 2 aromatic carbocycles. The number of imide groups is 1. The molecule has 1 N–H and O–H groups in total. The Kier molecular flexibility index (Phi) is 4.65. The summed E-state index contributed by atoms with van der Waals surface area (Å²) in [7, 11) is -3.85. The number of rotatable bonds is 5. The van der Waals surface area contributed by atoms with Gasteiger partial charge in [-0.3, -0.25) is 14.5 Å². The lowest BCUT2D eigenvalue weighted by Crippen LogP contribution is -2.28. The number of carbonyl (C=O) groups excluding carboxylic acids is 2. The number of sulfonamides is 1. The maximum Gasteiger partial charge on any atom is 0.240 e. The van der Waals surface area contributed by atoms with Crippen molar-refractivity contribution in [3.05, 3.63) is 59.9 Å². The van der Waals surface area contributed by atoms with Crippen LogP contribution in [0.3, 0.4) is 0 Å². The lowest BCUT2D eigenvalue weighted by molar-refractivity contribution is -0.121. The van der Waals surface area contributed by atoms with Crippen LogP contribution in [0.5, 0.6) is 0 Å². The van der Waals surface area contributed by atoms with E-state index in [0.717, 1.165) is 4.90 Å². The Bertz CT molecular complexity index is 910. The monoisotopic (exact) mass is 362 g/mol. The molecular formula is C17H15FN2O4S. The molecule has 8 heteroatoms. The van der Waals surface area contributed by atoms with Crippen LogP contribution < -0.4 is 9.62 Å². The molecule has 25 heavy (non-hydrogen) atoms. The number of benzene rings is 2. The number of hydrogen-bond acceptors (Lipinski definition) is 4. The zero-order chi connectivity index (χ0) is 18.0. The summed E-state index contributed by atoms with van der Waals surface area (Å²) in [5, 5.41) is 0. The van der Waals surface area contributed by atoms with E-state index >= 15 is 0 Å². The van der Waals surface area contributed by atoms with E-state index in [1.807, 2.05) is 0 Å². The predicted molar refractivity (Wildman–Crippen MR) is 88.6 cm³/mol. The van der Waals surface area contributed by atoms with Gasteiger partial charge in [-0.2, -0.15) is 0 Å². The lowest BCUT2D eigenvalue weighted by atomic mass is 10.2. The van der Waals surface area contributed by atoms with E-state index in [2.05, 4.69) is 4.72 Å². The van der Waals surface area contributed by atoms with Crippen molar-refractivity contribution in [3.63, 3.8) is 0 Å². The number of halogens is 1. The van der Waals surface area contributed by atoms with E-state index in [-0.39, 0.29) is 41.7 Å². The van der Waals surface area contributed by atoms with Crippen molar-refractivity contribution in [2.75, 3.05) is 4.90 Å². The summed E-state index contributed by atoms with van der Waals surface area (Å²) in [5.74, 6) is -1.11. The van der Waals surface area contributed by atoms with E-state index in [9.17, 15) is 22.4 Å². The molecule has 0 bridgehead atoms. The molecule has 0 atom stereocenters. The number of nitrogens with one attached hydrogen (secondary N) is 1. The fraction of sp³-hybridized carbons (Fsp3) is 0.176. The average Bonchev–Trinajstić information content (AvgIpc) is 2.93. The van der Waals surface area contributed by atoms with Gasteiger partial charge in [-0.05, 0) is 30.3 Å². The van der Waals surface area contributed by atoms with Gasteiger partial charge in [0.15, 0.2) is 0 Å². The second-order valence-electron chi connectivity index (χ2n) is 5.53. The Morgan fingerprint density at radius 2 is 1.56 bits per heavy atom. The highest BCUT2D eigenvalue weighted by Gasteiger charge is 2.30. The molecule has 1 fully saturated rings. The summed E-state index contributed by atoms with van der Waals surface area (Å²) in [4.78, 5) is 24.4. The highest BCUT2D eigenvalue weighted by atomic mass is 32.2. The molecule has 0 aliphatic carbocycles. The minimum absolute atomic E-state index is 0.0355. The number of hydrogen-bond donors (Lipinski definition) is 1. The van der Waals surface area contributed by atoms with Crippen molar-refractivity contribution < 1.29 is 22.4 Å². The third kappa shape index (κ3) is 3.59. The first-order valence-corrected chi connectivity index (χ1v) is 9.06. The van der Waals surface area contributed by atoms with Gasteiger partial charge in [0, 0.05) is 24.9 Å². The second kappa shape index (κ2) is 6.73. The summed E-state index contributed by atoms with van der Waals surface area (Å²) in [6, 6.07) is 11.3. The zero-order valence-corrected chi connectivity index (χ0v) is 13.9. The van der Waals surface area contributed by atoms with Crippen LogP contribution in [0.4, 0.5) is 10.1 Å². The van der Waals surface area contributed by atoms with Crippen molar-refractivity contribution in [1.29, 1.82) is 0 Å². The van der Waals surface area contributed by atoms with Crippen LogP contribution in [0.1, 0.15) is 18.4 Å². The normalized spacial score (nSPS) is 15.0. The van der Waals surface area contributed by atoms with Crippen molar-refractivity contribution >= 4 is 27.5 Å². The zero-order valence-electron chi connectivity index (χ0n) is 13.1. The summed E-state index contributed by atoms with van der Waals surface area (Å²) in [6.07, 6.45) is 0.312. The van der Waals surface area contributed by atoms with Crippen LogP contribution in [-0.2, 0) is 26.2 Å². The SMILES string of the molecule is O=C1CCC(=O)N1c1ccc(S(=O)(=O)NCc2ccccc2F)cc1. The Balaban J connectivity index is 1.76. The third-order valence-electron chi connectivity index (χ3n) is 3.87. The molecule has 130 valence electrons. The smallest absolute Gasteiger partial charge is 0.240 e. The first kappa shape index (κ1) is 17.2. The maximum absolute atomic E-state index is 13.6. The fourth-order valence-electron chi connectivity index (χ4n) is 2.54. The van der Waals surface area contributed by atoms with Crippen LogP contribution in [0.2, 0.25) is 0 Å². The Morgan fingerprint density at radius 3 is 2.16 bits per heavy atom. The molecule has 2 amide bonds. The van der Waals surface area contributed by atoms with Gasteiger partial charge < -0.3 is 0 Å². The molecule has 1 heterocycles. The van der Waals surface area contributed by atoms with Gasteiger partial charge in [-0.25, -0.2) is 17.5 Å². The van der Waals surface area contributed by atoms with E-state index in [0.29, 0.717) is 5.69 Å². The highest BCUT2D eigenvalue weighted by molar-refractivity contribution is 7.89. The first-order valence-electron chi connectivity index (χ1n) is 7.57. The molecule has 0 saturated carbocycles. The number of anilines is 1. The molecule has 3 rings (SSSR count). The van der Waals surface area contributed by atoms with Crippen LogP contribution >= 0.6 is 0 Å². The summed E-state index contributed by atoms with van der Waals surface area (Å²) in [5.41, 5.74) is 0.566. The second-order valence-corrected chi connectivity index (χ2v) is 7.30. The molecule has 6 nitrogen and oxygen atoms in total. The number of amides is 2. The van der Waals surface area contributed by atoms with Gasteiger partial charge in [0.2, 0.25) is 21.8 Å². The molecule has 1 aliphatic heterocycles. The highest BCUT2D eigenvalue weighted by Crippen LogP contribution is 2.24. The Labute approximate surface area is 144 Å². The van der Waals surface area contributed by atoms with Crippen LogP contribution in [0.15, 0.2) is 53.4 Å². The maximum atomic E-state index is 13.6. The minimum Gasteiger partial charge on any atom is -0.274 e. The molecule has 0 spiro atoms. The van der Waals surface area contributed by atoms with Crippen LogP contribution in [0, 0.1) is 5.82 Å². The predicted octanol–water partition coefficient (Wildman–Crippen LogP) is 1.96. The van der Waals surface area contributed by atoms with Crippen molar-refractivity contribution in [2.45, 2.75) is 24.3 Å². The van der Waals surface area contributed by atoms with E-state index in [1.54, 1.807) is 6.07 Å².